The Balaban J connectivity index is 1.07. The average molecular weight is 692 g/mol. The molecular weight excluding hydrogens is 651 g/mol. The molecule has 0 aliphatic carbocycles. The Morgan fingerprint density at radius 2 is 1.00 bits per heavy atom. The highest BCUT2D eigenvalue weighted by molar-refractivity contribution is 6.21. The lowest BCUT2D eigenvalue weighted by molar-refractivity contribution is 0.617. The van der Waals surface area contributed by atoms with E-state index in [4.69, 9.17) is 0 Å². The Bertz CT molecular complexity index is 2740. The van der Waals surface area contributed by atoms with Gasteiger partial charge >= 0.3 is 0 Å². The van der Waals surface area contributed by atoms with Crippen LogP contribution in [-0.4, -0.2) is 0 Å². The van der Waals surface area contributed by atoms with Gasteiger partial charge in [0.25, 0.3) is 0 Å². The highest BCUT2D eigenvalue weighted by atomic mass is 15.2. The maximum atomic E-state index is 2.53. The van der Waals surface area contributed by atoms with Gasteiger partial charge in [-0.2, -0.15) is 0 Å². The van der Waals surface area contributed by atoms with Crippen LogP contribution in [0.1, 0.15) is 37.5 Å². The number of nitrogens with zero attached hydrogens (tertiary/aromatic N) is 1. The maximum absolute atomic E-state index is 2.53. The highest BCUT2D eigenvalue weighted by Crippen LogP contribution is 2.54. The summed E-state index contributed by atoms with van der Waals surface area (Å²) in [7, 11) is 0. The maximum Gasteiger partial charge on any atom is 0.0499 e. The first-order valence-electron chi connectivity index (χ1n) is 19.1. The van der Waals surface area contributed by atoms with E-state index in [-0.39, 0.29) is 5.41 Å². The van der Waals surface area contributed by atoms with E-state index in [2.05, 4.69) is 208 Å². The van der Waals surface area contributed by atoms with Gasteiger partial charge in [-0.25, -0.2) is 0 Å². The third-order valence-electron chi connectivity index (χ3n) is 11.8. The first-order valence-corrected chi connectivity index (χ1v) is 19.1. The van der Waals surface area contributed by atoms with E-state index in [1.165, 1.54) is 99.8 Å². The van der Waals surface area contributed by atoms with Crippen molar-refractivity contribution < 1.29 is 0 Å². The Hall–Kier alpha value is -6.44. The molecule has 0 fully saturated rings. The van der Waals surface area contributed by atoms with E-state index in [0.717, 1.165) is 6.42 Å². The topological polar surface area (TPSA) is 3.24 Å². The summed E-state index contributed by atoms with van der Waals surface area (Å²) in [5, 5.41) is 5.12. The molecule has 2 heterocycles. The summed E-state index contributed by atoms with van der Waals surface area (Å²) in [6.45, 7) is 7.02. The van der Waals surface area contributed by atoms with Crippen LogP contribution < -0.4 is 4.90 Å². The van der Waals surface area contributed by atoms with Gasteiger partial charge in [0.15, 0.2) is 0 Å². The van der Waals surface area contributed by atoms with Crippen LogP contribution in [-0.2, 0) is 11.8 Å². The molecule has 0 aromatic heterocycles. The van der Waals surface area contributed by atoms with Gasteiger partial charge in [0.05, 0.1) is 0 Å². The molecular formula is C53H41N. The predicted molar refractivity (Wildman–Crippen MR) is 230 cm³/mol. The van der Waals surface area contributed by atoms with Gasteiger partial charge in [0.2, 0.25) is 0 Å². The SMILES string of the molecule is CC(=CC1=C2Cc3cc(-c4ccc(-c5c6ccccc6c(-c6ccccc6)c6ccccc56)cc4)ccc3N2c2ccccc2C1(C)C)c1ccccc1. The van der Waals surface area contributed by atoms with Crippen LogP contribution in [0, 0.1) is 0 Å². The van der Waals surface area contributed by atoms with Crippen molar-refractivity contribution in [3.05, 3.63) is 210 Å². The normalized spacial score (nSPS) is 14.6. The first kappa shape index (κ1) is 32.2. The lowest BCUT2D eigenvalue weighted by atomic mass is 9.72. The number of hydrogen-bond donors (Lipinski definition) is 0. The van der Waals surface area contributed by atoms with Crippen molar-refractivity contribution in [1.82, 2.24) is 0 Å². The van der Waals surface area contributed by atoms with Crippen molar-refractivity contribution in [1.29, 1.82) is 0 Å². The molecule has 0 unspecified atom stereocenters. The second-order valence-electron chi connectivity index (χ2n) is 15.3. The van der Waals surface area contributed by atoms with Crippen molar-refractivity contribution in [3.63, 3.8) is 0 Å². The molecule has 0 bridgehead atoms. The smallest absolute Gasteiger partial charge is 0.0499 e. The second-order valence-corrected chi connectivity index (χ2v) is 15.3. The van der Waals surface area contributed by atoms with Gasteiger partial charge in [0, 0.05) is 28.9 Å². The molecule has 1 heteroatoms. The Kier molecular flexibility index (Phi) is 7.52. The van der Waals surface area contributed by atoms with Crippen LogP contribution in [0.4, 0.5) is 11.4 Å². The molecule has 0 amide bonds. The first-order chi connectivity index (χ1) is 26.5. The second kappa shape index (κ2) is 12.6. The zero-order chi connectivity index (χ0) is 36.4. The molecule has 0 radical (unpaired) electrons. The molecule has 0 saturated carbocycles. The standard InChI is InChI=1S/C53H41N/c1-35(36-16-6-4-7-17-36)32-47-50-34-41-33-40(30-31-48(41)54(50)49-25-15-14-24-46(49)53(47,2)3)37-26-28-39(29-27-37)52-44-22-12-10-20-42(44)51(38-18-8-5-9-19-38)43-21-11-13-23-45(43)52/h4-33H,34H2,1-3H3. The van der Waals surface area contributed by atoms with Crippen LogP contribution in [0.3, 0.4) is 0 Å². The van der Waals surface area contributed by atoms with Crippen LogP contribution in [0.25, 0.3) is 60.5 Å². The molecule has 2 aliphatic heterocycles. The van der Waals surface area contributed by atoms with E-state index in [9.17, 15) is 0 Å². The predicted octanol–water partition coefficient (Wildman–Crippen LogP) is 14.3. The van der Waals surface area contributed by atoms with Gasteiger partial charge in [-0.05, 0) is 108 Å². The van der Waals surface area contributed by atoms with Gasteiger partial charge in [0.1, 0.15) is 0 Å². The zero-order valence-corrected chi connectivity index (χ0v) is 31.0. The third-order valence-corrected chi connectivity index (χ3v) is 11.8. The van der Waals surface area contributed by atoms with E-state index < -0.39 is 0 Å². The zero-order valence-electron chi connectivity index (χ0n) is 31.0. The fraction of sp³-hybridized carbons (Fsp3) is 0.0943. The van der Waals surface area contributed by atoms with Crippen LogP contribution in [0.5, 0.6) is 0 Å². The van der Waals surface area contributed by atoms with Crippen LogP contribution in [0.2, 0.25) is 0 Å². The minimum Gasteiger partial charge on any atom is -0.313 e. The summed E-state index contributed by atoms with van der Waals surface area (Å²) in [5.74, 6) is 0. The third kappa shape index (κ3) is 5.07. The molecule has 0 N–H and O–H groups in total. The van der Waals surface area contributed by atoms with E-state index in [1.807, 2.05) is 0 Å². The summed E-state index contributed by atoms with van der Waals surface area (Å²) < 4.78 is 0. The number of benzene rings is 8. The summed E-state index contributed by atoms with van der Waals surface area (Å²) in [6, 6.07) is 64.7. The van der Waals surface area contributed by atoms with Crippen molar-refractivity contribution >= 4 is 38.5 Å². The summed E-state index contributed by atoms with van der Waals surface area (Å²) in [6.07, 6.45) is 3.34. The minimum atomic E-state index is -0.132. The molecule has 0 spiro atoms. The van der Waals surface area contributed by atoms with Crippen molar-refractivity contribution in [2.24, 2.45) is 0 Å². The molecule has 10 rings (SSSR count). The number of anilines is 2. The van der Waals surface area contributed by atoms with Crippen LogP contribution in [0.15, 0.2) is 193 Å². The molecule has 8 aromatic carbocycles. The van der Waals surface area contributed by atoms with Crippen molar-refractivity contribution in [2.75, 3.05) is 4.90 Å². The minimum absolute atomic E-state index is 0.132. The molecule has 0 saturated heterocycles. The largest absolute Gasteiger partial charge is 0.313 e. The number of allylic oxidation sites excluding steroid dienone is 4. The fourth-order valence-corrected chi connectivity index (χ4v) is 9.17. The Morgan fingerprint density at radius 3 is 1.63 bits per heavy atom. The molecule has 54 heavy (non-hydrogen) atoms. The van der Waals surface area contributed by atoms with Gasteiger partial charge in [-0.1, -0.05) is 178 Å². The molecule has 8 aromatic rings. The quantitative estimate of drug-likeness (QED) is 0.162. The molecule has 0 atom stereocenters. The molecule has 258 valence electrons. The molecule has 1 nitrogen and oxygen atoms in total. The van der Waals surface area contributed by atoms with Gasteiger partial charge < -0.3 is 4.90 Å². The lowest BCUT2D eigenvalue weighted by Crippen LogP contribution is -2.32. The summed E-state index contributed by atoms with van der Waals surface area (Å²) >= 11 is 0. The number of hydrogen-bond acceptors (Lipinski definition) is 1. The van der Waals surface area contributed by atoms with Gasteiger partial charge in [-0.15, -0.1) is 0 Å². The van der Waals surface area contributed by atoms with Gasteiger partial charge in [-0.3, -0.25) is 0 Å². The summed E-state index contributed by atoms with van der Waals surface area (Å²) in [4.78, 5) is 2.53. The van der Waals surface area contributed by atoms with Crippen LogP contribution >= 0.6 is 0 Å². The molecule has 2 aliphatic rings. The van der Waals surface area contributed by atoms with E-state index in [0.29, 0.717) is 0 Å². The Labute approximate surface area is 318 Å². The Morgan fingerprint density at radius 1 is 0.500 bits per heavy atom. The van der Waals surface area contributed by atoms with Crippen molar-refractivity contribution in [2.45, 2.75) is 32.6 Å². The average Bonchev–Trinajstić information content (AvgIpc) is 3.61. The van der Waals surface area contributed by atoms with E-state index in [1.54, 1.807) is 0 Å². The number of rotatable bonds is 5. The number of para-hydroxylation sites is 1. The van der Waals surface area contributed by atoms with E-state index >= 15 is 0 Å². The lowest BCUT2D eigenvalue weighted by Gasteiger charge is -2.41. The monoisotopic (exact) mass is 691 g/mol. The highest BCUT2D eigenvalue weighted by Gasteiger charge is 2.41. The summed E-state index contributed by atoms with van der Waals surface area (Å²) in [5.41, 5.74) is 18.1. The fourth-order valence-electron chi connectivity index (χ4n) is 9.17. The number of fused-ring (bicyclic) bond motifs is 7. The van der Waals surface area contributed by atoms with Crippen molar-refractivity contribution in [3.8, 4) is 33.4 Å².